The van der Waals surface area contributed by atoms with Crippen LogP contribution in [0.25, 0.3) is 0 Å². The molecule has 0 aromatic heterocycles. The molecule has 11 heteroatoms. The summed E-state index contributed by atoms with van der Waals surface area (Å²) in [6.45, 7) is 3.78. The lowest BCUT2D eigenvalue weighted by Gasteiger charge is -2.31. The van der Waals surface area contributed by atoms with Crippen molar-refractivity contribution in [3.05, 3.63) is 95.0 Å². The van der Waals surface area contributed by atoms with Crippen LogP contribution in [0.1, 0.15) is 37.3 Å². The van der Waals surface area contributed by atoms with E-state index >= 15 is 0 Å². The fraction of sp³-hybridized carbons (Fsp3) is 0.394. The Balaban J connectivity index is 1.52. The van der Waals surface area contributed by atoms with E-state index in [1.165, 1.54) is 28.6 Å². The van der Waals surface area contributed by atoms with Gasteiger partial charge in [-0.1, -0.05) is 73.8 Å². The zero-order chi connectivity index (χ0) is 31.4. The van der Waals surface area contributed by atoms with Gasteiger partial charge in [-0.05, 0) is 53.9 Å². The van der Waals surface area contributed by atoms with Crippen molar-refractivity contribution in [2.75, 3.05) is 39.5 Å². The maximum Gasteiger partial charge on any atom is 0.261 e. The first-order valence-electron chi connectivity index (χ1n) is 14.9. The molecule has 0 aliphatic carbocycles. The molecule has 0 bridgehead atoms. The van der Waals surface area contributed by atoms with Crippen LogP contribution in [0.3, 0.4) is 0 Å². The van der Waals surface area contributed by atoms with E-state index in [-0.39, 0.29) is 29.9 Å². The molecule has 1 N–H and O–H groups in total. The molecule has 1 fully saturated rings. The van der Waals surface area contributed by atoms with Gasteiger partial charge in [0.2, 0.25) is 15.9 Å². The van der Waals surface area contributed by atoms with Crippen molar-refractivity contribution in [3.8, 4) is 5.75 Å². The number of nitrogens with zero attached hydrogens (tertiary/aromatic N) is 2. The lowest BCUT2D eigenvalue weighted by molar-refractivity contribution is -0.142. The van der Waals surface area contributed by atoms with Crippen LogP contribution in [0.4, 0.5) is 0 Å². The second kappa shape index (κ2) is 16.6. The fourth-order valence-electron chi connectivity index (χ4n) is 4.92. The number of hydrogen-bond acceptors (Lipinski definition) is 6. The molecule has 0 saturated carbocycles. The molecule has 236 valence electrons. The summed E-state index contributed by atoms with van der Waals surface area (Å²) in [7, 11) is -3.65. The number of amides is 2. The molecule has 0 radical (unpaired) electrons. The zero-order valence-corrected chi connectivity index (χ0v) is 26.6. The van der Waals surface area contributed by atoms with Gasteiger partial charge in [-0.25, -0.2) is 8.42 Å². The predicted molar refractivity (Wildman–Crippen MR) is 170 cm³/mol. The Morgan fingerprint density at radius 3 is 2.30 bits per heavy atom. The number of carbonyl (C=O) groups excluding carboxylic acids is 2. The van der Waals surface area contributed by atoms with Crippen LogP contribution in [0, 0.1) is 0 Å². The maximum atomic E-state index is 13.8. The zero-order valence-electron chi connectivity index (χ0n) is 25.0. The minimum absolute atomic E-state index is 0.144. The maximum absolute atomic E-state index is 13.8. The van der Waals surface area contributed by atoms with Gasteiger partial charge in [-0.2, -0.15) is 4.31 Å². The van der Waals surface area contributed by atoms with E-state index in [4.69, 9.17) is 21.1 Å². The first-order chi connectivity index (χ1) is 21.3. The smallest absolute Gasteiger partial charge is 0.261 e. The molecular weight excluding hydrogens is 602 g/mol. The highest BCUT2D eigenvalue weighted by molar-refractivity contribution is 7.89. The molecule has 0 unspecified atom stereocenters. The van der Waals surface area contributed by atoms with Crippen molar-refractivity contribution in [1.82, 2.24) is 14.5 Å². The second-order valence-electron chi connectivity index (χ2n) is 10.6. The van der Waals surface area contributed by atoms with Crippen molar-refractivity contribution in [3.63, 3.8) is 0 Å². The highest BCUT2D eigenvalue weighted by atomic mass is 35.5. The Morgan fingerprint density at radius 2 is 1.64 bits per heavy atom. The van der Waals surface area contributed by atoms with E-state index < -0.39 is 16.1 Å². The third kappa shape index (κ3) is 9.53. The van der Waals surface area contributed by atoms with Crippen LogP contribution in [0.15, 0.2) is 83.8 Å². The average molecular weight is 642 g/mol. The van der Waals surface area contributed by atoms with Gasteiger partial charge in [0.1, 0.15) is 11.8 Å². The van der Waals surface area contributed by atoms with Gasteiger partial charge in [0.05, 0.1) is 18.1 Å². The molecule has 1 aliphatic heterocycles. The quantitative estimate of drug-likeness (QED) is 0.242. The SMILES string of the molecule is CCCCCNC(=O)[C@@H](Cc1ccccc1)N(Cc1ccc(Cl)cc1)C(=O)COc1ccc(S(=O)(=O)N2CCOCC2)cc1. The number of ether oxygens (including phenoxy) is 2. The number of rotatable bonds is 15. The number of nitrogens with one attached hydrogen (secondary N) is 1. The van der Waals surface area contributed by atoms with Gasteiger partial charge < -0.3 is 19.7 Å². The molecule has 4 rings (SSSR count). The van der Waals surface area contributed by atoms with E-state index in [0.717, 1.165) is 30.4 Å². The minimum atomic E-state index is -3.65. The van der Waals surface area contributed by atoms with E-state index in [1.54, 1.807) is 17.0 Å². The lowest BCUT2D eigenvalue weighted by Crippen LogP contribution is -2.51. The second-order valence-corrected chi connectivity index (χ2v) is 13.0. The first-order valence-corrected chi connectivity index (χ1v) is 16.8. The van der Waals surface area contributed by atoms with Gasteiger partial charge in [-0.3, -0.25) is 9.59 Å². The number of sulfonamides is 1. The molecule has 3 aromatic rings. The molecular formula is C33H40ClN3O6S. The molecule has 3 aromatic carbocycles. The normalized spacial score (nSPS) is 14.5. The van der Waals surface area contributed by atoms with Crippen molar-refractivity contribution >= 4 is 33.4 Å². The summed E-state index contributed by atoms with van der Waals surface area (Å²) < 4.78 is 38.4. The van der Waals surface area contributed by atoms with Crippen LogP contribution in [-0.2, 0) is 37.3 Å². The Labute approximate surface area is 265 Å². The van der Waals surface area contributed by atoms with E-state index in [2.05, 4.69) is 12.2 Å². The fourth-order valence-corrected chi connectivity index (χ4v) is 6.45. The summed E-state index contributed by atoms with van der Waals surface area (Å²) in [6, 6.07) is 22.0. The third-order valence-corrected chi connectivity index (χ3v) is 9.58. The Morgan fingerprint density at radius 1 is 0.955 bits per heavy atom. The van der Waals surface area contributed by atoms with E-state index in [0.29, 0.717) is 50.0 Å². The summed E-state index contributed by atoms with van der Waals surface area (Å²) in [5, 5.41) is 3.60. The van der Waals surface area contributed by atoms with Crippen LogP contribution < -0.4 is 10.1 Å². The third-order valence-electron chi connectivity index (χ3n) is 7.41. The summed E-state index contributed by atoms with van der Waals surface area (Å²) in [5.74, 6) is -0.270. The number of unbranched alkanes of at least 4 members (excludes halogenated alkanes) is 2. The monoisotopic (exact) mass is 641 g/mol. The lowest BCUT2D eigenvalue weighted by atomic mass is 10.0. The number of halogens is 1. The van der Waals surface area contributed by atoms with Crippen LogP contribution in [-0.4, -0.2) is 74.9 Å². The molecule has 9 nitrogen and oxygen atoms in total. The molecule has 2 amide bonds. The van der Waals surface area contributed by atoms with Gasteiger partial charge in [-0.15, -0.1) is 0 Å². The van der Waals surface area contributed by atoms with Crippen LogP contribution in [0.5, 0.6) is 5.75 Å². The van der Waals surface area contributed by atoms with Gasteiger partial charge in [0, 0.05) is 37.6 Å². The number of hydrogen-bond donors (Lipinski definition) is 1. The van der Waals surface area contributed by atoms with Crippen molar-refractivity contribution < 1.29 is 27.5 Å². The topological polar surface area (TPSA) is 105 Å². The molecule has 1 heterocycles. The number of benzene rings is 3. The molecule has 0 spiro atoms. The van der Waals surface area contributed by atoms with Gasteiger partial charge in [0.25, 0.3) is 5.91 Å². The summed E-state index contributed by atoms with van der Waals surface area (Å²) in [5.41, 5.74) is 1.74. The molecule has 1 saturated heterocycles. The Hall–Kier alpha value is -3.44. The van der Waals surface area contributed by atoms with Crippen molar-refractivity contribution in [2.24, 2.45) is 0 Å². The Bertz CT molecular complexity index is 1450. The standard InChI is InChI=1S/C33H40ClN3O6S/c1-2-3-7-18-35-33(39)31(23-26-8-5-4-6-9-26)37(24-27-10-12-28(34)13-11-27)32(38)25-43-29-14-16-30(17-15-29)44(40,41)36-19-21-42-22-20-36/h4-6,8-17,31H,2-3,7,18-25H2,1H3,(H,35,39)/t31-/m1/s1. The Kier molecular flexibility index (Phi) is 12.6. The molecule has 1 atom stereocenters. The highest BCUT2D eigenvalue weighted by Crippen LogP contribution is 2.22. The molecule has 1 aliphatic rings. The summed E-state index contributed by atoms with van der Waals surface area (Å²) >= 11 is 6.10. The largest absolute Gasteiger partial charge is 0.484 e. The minimum Gasteiger partial charge on any atom is -0.484 e. The van der Waals surface area contributed by atoms with Crippen LogP contribution in [0.2, 0.25) is 5.02 Å². The van der Waals surface area contributed by atoms with Crippen LogP contribution >= 0.6 is 11.6 Å². The van der Waals surface area contributed by atoms with E-state index in [1.807, 2.05) is 42.5 Å². The number of morpholine rings is 1. The summed E-state index contributed by atoms with van der Waals surface area (Å²) in [6.07, 6.45) is 3.21. The average Bonchev–Trinajstić information content (AvgIpc) is 3.05. The van der Waals surface area contributed by atoms with E-state index in [9.17, 15) is 18.0 Å². The highest BCUT2D eigenvalue weighted by Gasteiger charge is 2.31. The number of carbonyl (C=O) groups is 2. The first kappa shape index (κ1) is 33.5. The van der Waals surface area contributed by atoms with Crippen molar-refractivity contribution in [1.29, 1.82) is 0 Å². The van der Waals surface area contributed by atoms with Gasteiger partial charge in [0.15, 0.2) is 6.61 Å². The predicted octanol–water partition coefficient (Wildman–Crippen LogP) is 4.69. The molecule has 44 heavy (non-hydrogen) atoms. The summed E-state index contributed by atoms with van der Waals surface area (Å²) in [4.78, 5) is 29.1. The van der Waals surface area contributed by atoms with Gasteiger partial charge >= 0.3 is 0 Å². The van der Waals surface area contributed by atoms with Crippen molar-refractivity contribution in [2.45, 2.75) is 50.1 Å².